The lowest BCUT2D eigenvalue weighted by Gasteiger charge is -2.18. The molecule has 0 amide bonds. The molecule has 0 aromatic heterocycles. The van der Waals surface area contributed by atoms with Crippen molar-refractivity contribution in [1.29, 1.82) is 0 Å². The van der Waals surface area contributed by atoms with Crippen LogP contribution in [0, 0.1) is 11.8 Å². The molecule has 57 heavy (non-hydrogen) atoms. The summed E-state index contributed by atoms with van der Waals surface area (Å²) >= 11 is 0. The van der Waals surface area contributed by atoms with E-state index in [9.17, 15) is 14.4 Å². The standard InChI is InChI=1S/C51H98O6/c1-6-8-9-10-11-12-20-26-31-36-41-49(52)55-44-48(45-56-50(53)42-37-32-27-23-22-25-30-35-40-47(5)7-2)57-51(54)43-38-33-28-21-18-16-14-13-15-17-19-24-29-34-39-46(3)4/h46-48H,6-45H2,1-5H3/t47?,48-/m0/s1. The highest BCUT2D eigenvalue weighted by atomic mass is 16.6. The zero-order chi connectivity index (χ0) is 41.9. The van der Waals surface area contributed by atoms with E-state index in [0.717, 1.165) is 69.6 Å². The van der Waals surface area contributed by atoms with Gasteiger partial charge in [-0.15, -0.1) is 0 Å². The molecule has 338 valence electrons. The molecule has 0 fully saturated rings. The van der Waals surface area contributed by atoms with Crippen LogP contribution in [0.25, 0.3) is 0 Å². The van der Waals surface area contributed by atoms with E-state index >= 15 is 0 Å². The summed E-state index contributed by atoms with van der Waals surface area (Å²) in [4.78, 5) is 37.8. The molecule has 0 aromatic carbocycles. The minimum absolute atomic E-state index is 0.0642. The highest BCUT2D eigenvalue weighted by Gasteiger charge is 2.19. The van der Waals surface area contributed by atoms with Crippen LogP contribution in [0.3, 0.4) is 0 Å². The maximum absolute atomic E-state index is 12.8. The van der Waals surface area contributed by atoms with Crippen LogP contribution in [0.2, 0.25) is 0 Å². The van der Waals surface area contributed by atoms with Crippen LogP contribution in [0.5, 0.6) is 0 Å². The van der Waals surface area contributed by atoms with Crippen LogP contribution in [0.4, 0.5) is 0 Å². The van der Waals surface area contributed by atoms with Crippen LogP contribution in [0.1, 0.15) is 279 Å². The van der Waals surface area contributed by atoms with Gasteiger partial charge in [-0.05, 0) is 31.1 Å². The second-order valence-electron chi connectivity index (χ2n) is 18.2. The largest absolute Gasteiger partial charge is 0.462 e. The third kappa shape index (κ3) is 43.8. The van der Waals surface area contributed by atoms with Crippen LogP contribution >= 0.6 is 0 Å². The number of esters is 3. The van der Waals surface area contributed by atoms with E-state index < -0.39 is 6.10 Å². The highest BCUT2D eigenvalue weighted by molar-refractivity contribution is 5.71. The van der Waals surface area contributed by atoms with Gasteiger partial charge in [-0.2, -0.15) is 0 Å². The molecule has 0 aromatic rings. The third-order valence-electron chi connectivity index (χ3n) is 11.8. The topological polar surface area (TPSA) is 78.9 Å². The quantitative estimate of drug-likeness (QED) is 0.0346. The summed E-state index contributed by atoms with van der Waals surface area (Å²) in [6.45, 7) is 11.4. The Bertz CT molecular complexity index is 872. The van der Waals surface area contributed by atoms with Crippen LogP contribution < -0.4 is 0 Å². The number of hydrogen-bond acceptors (Lipinski definition) is 6. The Morgan fingerprint density at radius 3 is 1.00 bits per heavy atom. The Balaban J connectivity index is 4.29. The van der Waals surface area contributed by atoms with E-state index in [1.54, 1.807) is 0 Å². The highest BCUT2D eigenvalue weighted by Crippen LogP contribution is 2.18. The van der Waals surface area contributed by atoms with Gasteiger partial charge in [0.2, 0.25) is 0 Å². The van der Waals surface area contributed by atoms with Gasteiger partial charge in [0.05, 0.1) is 0 Å². The van der Waals surface area contributed by atoms with E-state index in [0.29, 0.717) is 19.3 Å². The zero-order valence-electron chi connectivity index (χ0n) is 39.0. The number of carbonyl (C=O) groups excluding carboxylic acids is 3. The van der Waals surface area contributed by atoms with Crippen LogP contribution in [-0.2, 0) is 28.6 Å². The van der Waals surface area contributed by atoms with Gasteiger partial charge in [0.15, 0.2) is 6.10 Å². The van der Waals surface area contributed by atoms with Crippen molar-refractivity contribution in [2.75, 3.05) is 13.2 Å². The van der Waals surface area contributed by atoms with E-state index in [4.69, 9.17) is 14.2 Å². The van der Waals surface area contributed by atoms with Gasteiger partial charge in [-0.3, -0.25) is 14.4 Å². The van der Waals surface area contributed by atoms with E-state index in [2.05, 4.69) is 34.6 Å². The van der Waals surface area contributed by atoms with Crippen LogP contribution in [-0.4, -0.2) is 37.2 Å². The second-order valence-corrected chi connectivity index (χ2v) is 18.2. The third-order valence-corrected chi connectivity index (χ3v) is 11.8. The average molecular weight is 807 g/mol. The summed E-state index contributed by atoms with van der Waals surface area (Å²) in [5.41, 5.74) is 0. The van der Waals surface area contributed by atoms with Gasteiger partial charge >= 0.3 is 17.9 Å². The molecular formula is C51H98O6. The number of unbranched alkanes of at least 4 members (excludes halogenated alkanes) is 29. The molecule has 0 N–H and O–H groups in total. The second kappa shape index (κ2) is 44.0. The molecule has 0 spiro atoms. The summed E-state index contributed by atoms with van der Waals surface area (Å²) in [5.74, 6) is 0.839. The van der Waals surface area contributed by atoms with Gasteiger partial charge < -0.3 is 14.2 Å². The van der Waals surface area contributed by atoms with E-state index in [-0.39, 0.29) is 31.1 Å². The maximum Gasteiger partial charge on any atom is 0.306 e. The Labute approximate surface area is 355 Å². The van der Waals surface area contributed by atoms with Crippen molar-refractivity contribution in [3.63, 3.8) is 0 Å². The monoisotopic (exact) mass is 807 g/mol. The first-order valence-electron chi connectivity index (χ1n) is 25.3. The summed E-state index contributed by atoms with van der Waals surface area (Å²) in [5, 5.41) is 0. The summed E-state index contributed by atoms with van der Waals surface area (Å²) < 4.78 is 16.8. The SMILES string of the molecule is CCCCCCCCCCCCC(=O)OC[C@@H](COC(=O)CCCCCCCCCCC(C)CC)OC(=O)CCCCCCCCCCCCCCCCC(C)C. The zero-order valence-corrected chi connectivity index (χ0v) is 39.0. The first-order valence-corrected chi connectivity index (χ1v) is 25.3. The summed E-state index contributed by atoms with van der Waals surface area (Å²) in [6, 6.07) is 0. The summed E-state index contributed by atoms with van der Waals surface area (Å²) in [7, 11) is 0. The predicted molar refractivity (Wildman–Crippen MR) is 243 cm³/mol. The fourth-order valence-corrected chi connectivity index (χ4v) is 7.60. The van der Waals surface area contributed by atoms with Gasteiger partial charge in [0, 0.05) is 19.3 Å². The molecule has 6 heteroatoms. The minimum atomic E-state index is -0.761. The van der Waals surface area contributed by atoms with E-state index in [1.807, 2.05) is 0 Å². The Kier molecular flexibility index (Phi) is 42.7. The van der Waals surface area contributed by atoms with Crippen molar-refractivity contribution in [3.8, 4) is 0 Å². The van der Waals surface area contributed by atoms with Crippen molar-refractivity contribution < 1.29 is 28.6 Å². The van der Waals surface area contributed by atoms with Gasteiger partial charge in [0.1, 0.15) is 13.2 Å². The Hall–Kier alpha value is -1.59. The molecule has 2 atom stereocenters. The normalized spacial score (nSPS) is 12.5. The number of ether oxygens (including phenoxy) is 3. The molecule has 0 heterocycles. The molecule has 0 rings (SSSR count). The predicted octanol–water partition coefficient (Wildman–Crippen LogP) is 16.1. The lowest BCUT2D eigenvalue weighted by molar-refractivity contribution is -0.167. The Morgan fingerprint density at radius 1 is 0.368 bits per heavy atom. The Morgan fingerprint density at radius 2 is 0.667 bits per heavy atom. The first kappa shape index (κ1) is 55.4. The lowest BCUT2D eigenvalue weighted by atomic mass is 9.99. The molecule has 0 aliphatic carbocycles. The maximum atomic E-state index is 12.8. The smallest absolute Gasteiger partial charge is 0.306 e. The van der Waals surface area contributed by atoms with Gasteiger partial charge in [-0.25, -0.2) is 0 Å². The van der Waals surface area contributed by atoms with Crippen LogP contribution in [0.15, 0.2) is 0 Å². The van der Waals surface area contributed by atoms with E-state index in [1.165, 1.54) is 167 Å². The molecular weight excluding hydrogens is 709 g/mol. The molecule has 0 aliphatic heterocycles. The average Bonchev–Trinajstić information content (AvgIpc) is 3.19. The van der Waals surface area contributed by atoms with Crippen molar-refractivity contribution in [2.45, 2.75) is 285 Å². The first-order chi connectivity index (χ1) is 27.8. The number of rotatable bonds is 45. The number of hydrogen-bond donors (Lipinski definition) is 0. The molecule has 0 aliphatic rings. The van der Waals surface area contributed by atoms with Gasteiger partial charge in [-0.1, -0.05) is 240 Å². The molecule has 0 radical (unpaired) electrons. The number of carbonyl (C=O) groups is 3. The summed E-state index contributed by atoms with van der Waals surface area (Å²) in [6.07, 6.45) is 43.7. The minimum Gasteiger partial charge on any atom is -0.462 e. The fraction of sp³-hybridized carbons (Fsp3) is 0.941. The molecule has 0 saturated heterocycles. The molecule has 6 nitrogen and oxygen atoms in total. The molecule has 1 unspecified atom stereocenters. The van der Waals surface area contributed by atoms with Crippen molar-refractivity contribution in [3.05, 3.63) is 0 Å². The molecule has 0 bridgehead atoms. The fourth-order valence-electron chi connectivity index (χ4n) is 7.60. The lowest BCUT2D eigenvalue weighted by Crippen LogP contribution is -2.30. The van der Waals surface area contributed by atoms with Crippen molar-refractivity contribution >= 4 is 17.9 Å². The van der Waals surface area contributed by atoms with Crippen molar-refractivity contribution in [2.24, 2.45) is 11.8 Å². The van der Waals surface area contributed by atoms with Gasteiger partial charge in [0.25, 0.3) is 0 Å². The molecule has 0 saturated carbocycles. The van der Waals surface area contributed by atoms with Crippen molar-refractivity contribution in [1.82, 2.24) is 0 Å².